The number of hydrogen-bond acceptors (Lipinski definition) is 5. The van der Waals surface area contributed by atoms with Crippen molar-refractivity contribution in [3.8, 4) is 0 Å². The fourth-order valence-corrected chi connectivity index (χ4v) is 3.02. The fraction of sp³-hybridized carbons (Fsp3) is 0.385. The lowest BCUT2D eigenvalue weighted by molar-refractivity contribution is 0.918. The third kappa shape index (κ3) is 2.18. The molecule has 2 heterocycles. The van der Waals surface area contributed by atoms with Gasteiger partial charge in [0.15, 0.2) is 0 Å². The molecule has 0 aromatic carbocycles. The minimum atomic E-state index is 0.638. The maximum absolute atomic E-state index is 5.98. The normalized spacial score (nSPS) is 14.7. The summed E-state index contributed by atoms with van der Waals surface area (Å²) in [6.07, 6.45) is 6.15. The van der Waals surface area contributed by atoms with Gasteiger partial charge in [0.2, 0.25) is 0 Å². The van der Waals surface area contributed by atoms with Gasteiger partial charge < -0.3 is 10.6 Å². The summed E-state index contributed by atoms with van der Waals surface area (Å²) in [5.41, 5.74) is 8.49. The lowest BCUT2D eigenvalue weighted by Gasteiger charge is -2.18. The van der Waals surface area contributed by atoms with Gasteiger partial charge in [-0.15, -0.1) is 0 Å². The second-order valence-electron chi connectivity index (χ2n) is 4.77. The smallest absolute Gasteiger partial charge is 0.142 e. The molecule has 2 aromatic heterocycles. The van der Waals surface area contributed by atoms with Crippen LogP contribution in [-0.4, -0.2) is 16.4 Å². The summed E-state index contributed by atoms with van der Waals surface area (Å²) in [6, 6.07) is 4.08. The third-order valence-electron chi connectivity index (χ3n) is 3.24. The predicted molar refractivity (Wildman–Crippen MR) is 74.8 cm³/mol. The molecule has 2 N–H and O–H groups in total. The van der Waals surface area contributed by atoms with E-state index in [4.69, 9.17) is 5.73 Å². The predicted octanol–water partition coefficient (Wildman–Crippen LogP) is 2.63. The van der Waals surface area contributed by atoms with E-state index in [0.717, 1.165) is 12.4 Å². The zero-order valence-electron chi connectivity index (χ0n) is 10.3. The number of pyridine rings is 1. The summed E-state index contributed by atoms with van der Waals surface area (Å²) >= 11 is 1.51. The molecule has 18 heavy (non-hydrogen) atoms. The monoisotopic (exact) mass is 260 g/mol. The molecule has 1 saturated carbocycles. The van der Waals surface area contributed by atoms with Crippen molar-refractivity contribution in [3.63, 3.8) is 0 Å². The maximum Gasteiger partial charge on any atom is 0.142 e. The number of anilines is 2. The highest BCUT2D eigenvalue weighted by molar-refractivity contribution is 7.10. The van der Waals surface area contributed by atoms with E-state index >= 15 is 0 Å². The number of hydrogen-bond donors (Lipinski definition) is 1. The molecule has 2 aromatic rings. The molecule has 0 unspecified atom stereocenters. The van der Waals surface area contributed by atoms with Gasteiger partial charge in [-0.05, 0) is 48.0 Å². The Hall–Kier alpha value is -1.62. The van der Waals surface area contributed by atoms with Crippen LogP contribution < -0.4 is 10.6 Å². The fourth-order valence-electron chi connectivity index (χ4n) is 2.17. The zero-order chi connectivity index (χ0) is 12.5. The van der Waals surface area contributed by atoms with Crippen LogP contribution in [0, 0.1) is 0 Å². The van der Waals surface area contributed by atoms with Crippen molar-refractivity contribution in [1.82, 2.24) is 9.36 Å². The van der Waals surface area contributed by atoms with Crippen molar-refractivity contribution < 1.29 is 0 Å². The Bertz CT molecular complexity index is 533. The first-order valence-electron chi connectivity index (χ1n) is 6.11. The van der Waals surface area contributed by atoms with E-state index < -0.39 is 0 Å². The highest BCUT2D eigenvalue weighted by Crippen LogP contribution is 2.48. The van der Waals surface area contributed by atoms with E-state index in [9.17, 15) is 0 Å². The Morgan fingerprint density at radius 2 is 2.11 bits per heavy atom. The molecule has 0 amide bonds. The zero-order valence-corrected chi connectivity index (χ0v) is 11.2. The van der Waals surface area contributed by atoms with Crippen LogP contribution in [0.1, 0.15) is 29.9 Å². The van der Waals surface area contributed by atoms with Gasteiger partial charge in [-0.25, -0.2) is 0 Å². The van der Waals surface area contributed by atoms with Gasteiger partial charge in [-0.2, -0.15) is 4.37 Å². The summed E-state index contributed by atoms with van der Waals surface area (Å²) in [5, 5.41) is 1.21. The van der Waals surface area contributed by atoms with Gasteiger partial charge in [-0.3, -0.25) is 4.98 Å². The summed E-state index contributed by atoms with van der Waals surface area (Å²) in [6.45, 7) is 0.865. The molecule has 1 aliphatic rings. The minimum Gasteiger partial charge on any atom is -0.383 e. The summed E-state index contributed by atoms with van der Waals surface area (Å²) < 4.78 is 4.31. The molecular weight excluding hydrogens is 244 g/mol. The van der Waals surface area contributed by atoms with Crippen LogP contribution in [-0.2, 0) is 6.54 Å². The summed E-state index contributed by atoms with van der Waals surface area (Å²) in [4.78, 5) is 6.27. The van der Waals surface area contributed by atoms with Gasteiger partial charge in [0.1, 0.15) is 10.8 Å². The van der Waals surface area contributed by atoms with Crippen LogP contribution in [0.4, 0.5) is 10.8 Å². The minimum absolute atomic E-state index is 0.638. The molecule has 0 atom stereocenters. The quantitative estimate of drug-likeness (QED) is 0.918. The molecule has 0 spiro atoms. The second-order valence-corrected chi connectivity index (χ2v) is 5.52. The van der Waals surface area contributed by atoms with Gasteiger partial charge in [0, 0.05) is 31.5 Å². The van der Waals surface area contributed by atoms with Gasteiger partial charge in [0.25, 0.3) is 0 Å². The molecule has 5 heteroatoms. The van der Waals surface area contributed by atoms with Crippen molar-refractivity contribution in [2.45, 2.75) is 25.3 Å². The molecule has 0 radical (unpaired) electrons. The first-order valence-corrected chi connectivity index (χ1v) is 6.88. The Kier molecular flexibility index (Phi) is 2.91. The van der Waals surface area contributed by atoms with Gasteiger partial charge in [-0.1, -0.05) is 0 Å². The van der Waals surface area contributed by atoms with Crippen LogP contribution in [0.2, 0.25) is 0 Å². The number of aromatic nitrogens is 2. The molecule has 0 aliphatic heterocycles. The van der Waals surface area contributed by atoms with E-state index in [1.54, 1.807) is 0 Å². The lowest BCUT2D eigenvalue weighted by Crippen LogP contribution is -2.16. The number of nitrogens with zero attached hydrogens (tertiary/aromatic N) is 3. The number of rotatable bonds is 4. The van der Waals surface area contributed by atoms with Crippen LogP contribution in [0.25, 0.3) is 0 Å². The highest BCUT2D eigenvalue weighted by Gasteiger charge is 2.31. The largest absolute Gasteiger partial charge is 0.383 e. The molecular formula is C13H16N4S. The Balaban J connectivity index is 1.82. The van der Waals surface area contributed by atoms with Crippen LogP contribution in [0.5, 0.6) is 0 Å². The van der Waals surface area contributed by atoms with E-state index in [1.165, 1.54) is 40.5 Å². The Labute approximate surface area is 111 Å². The van der Waals surface area contributed by atoms with Gasteiger partial charge in [0.05, 0.1) is 0 Å². The molecule has 94 valence electrons. The van der Waals surface area contributed by atoms with Crippen LogP contribution >= 0.6 is 11.5 Å². The average Bonchev–Trinajstić information content (AvgIpc) is 3.13. The lowest BCUT2D eigenvalue weighted by atomic mass is 10.2. The van der Waals surface area contributed by atoms with Crippen molar-refractivity contribution in [1.29, 1.82) is 0 Å². The standard InChI is InChI=1S/C13H16N4S/c1-17(8-9-4-6-15-7-5-9)13-11(10-2-3-10)12(14)16-18-13/h4-7,10H,2-3,8H2,1H3,(H2,14,16). The van der Waals surface area contributed by atoms with Crippen molar-refractivity contribution >= 4 is 22.4 Å². The third-order valence-corrected chi connectivity index (χ3v) is 4.23. The summed E-state index contributed by atoms with van der Waals surface area (Å²) in [7, 11) is 2.10. The van der Waals surface area contributed by atoms with Crippen LogP contribution in [0.3, 0.4) is 0 Å². The van der Waals surface area contributed by atoms with Crippen molar-refractivity contribution in [3.05, 3.63) is 35.7 Å². The number of nitrogens with two attached hydrogens (primary N) is 1. The molecule has 3 rings (SSSR count). The Morgan fingerprint density at radius 3 is 2.78 bits per heavy atom. The summed E-state index contributed by atoms with van der Waals surface area (Å²) in [5.74, 6) is 1.36. The Morgan fingerprint density at radius 1 is 1.39 bits per heavy atom. The number of nitrogen functional groups attached to an aromatic ring is 1. The van der Waals surface area contributed by atoms with E-state index in [0.29, 0.717) is 5.92 Å². The van der Waals surface area contributed by atoms with Gasteiger partial charge >= 0.3 is 0 Å². The molecule has 1 aliphatic carbocycles. The highest BCUT2D eigenvalue weighted by atomic mass is 32.1. The van der Waals surface area contributed by atoms with E-state index in [1.807, 2.05) is 24.5 Å². The first-order chi connectivity index (χ1) is 8.75. The molecule has 4 nitrogen and oxygen atoms in total. The van der Waals surface area contributed by atoms with E-state index in [-0.39, 0.29) is 0 Å². The van der Waals surface area contributed by atoms with E-state index in [2.05, 4.69) is 21.3 Å². The SMILES string of the molecule is CN(Cc1ccncc1)c1snc(N)c1C1CC1. The maximum atomic E-state index is 5.98. The molecule has 1 fully saturated rings. The molecule has 0 saturated heterocycles. The second kappa shape index (κ2) is 4.57. The topological polar surface area (TPSA) is 55.0 Å². The average molecular weight is 260 g/mol. The molecule has 0 bridgehead atoms. The first kappa shape index (κ1) is 11.5. The van der Waals surface area contributed by atoms with Crippen molar-refractivity contribution in [2.75, 3.05) is 17.7 Å². The van der Waals surface area contributed by atoms with Crippen LogP contribution in [0.15, 0.2) is 24.5 Å². The van der Waals surface area contributed by atoms with Crippen molar-refractivity contribution in [2.24, 2.45) is 0 Å².